The van der Waals surface area contributed by atoms with Gasteiger partial charge in [-0.2, -0.15) is 4.98 Å². The van der Waals surface area contributed by atoms with Gasteiger partial charge in [-0.15, -0.1) is 0 Å². The van der Waals surface area contributed by atoms with Crippen LogP contribution in [-0.4, -0.2) is 9.55 Å². The van der Waals surface area contributed by atoms with Gasteiger partial charge in [0, 0.05) is 5.69 Å². The van der Waals surface area contributed by atoms with E-state index in [1.54, 1.807) is 17.6 Å². The van der Waals surface area contributed by atoms with Crippen molar-refractivity contribution in [3.05, 3.63) is 61.5 Å². The number of aromatic nitrogens is 2. The van der Waals surface area contributed by atoms with Crippen molar-refractivity contribution in [2.75, 3.05) is 0 Å². The molecular weight excluding hydrogens is 311 g/mol. The van der Waals surface area contributed by atoms with E-state index >= 15 is 0 Å². The Bertz CT molecular complexity index is 695. The number of hydrogen-bond donors (Lipinski definition) is 0. The first-order valence-corrected chi connectivity index (χ1v) is 6.68. The largest absolute Gasteiger partial charge is 0.348 e. The van der Waals surface area contributed by atoms with Crippen LogP contribution in [-0.2, 0) is 6.54 Å². The number of aryl methyl sites for hydroxylation is 2. The highest BCUT2D eigenvalue weighted by atomic mass is 79.9. The zero-order chi connectivity index (χ0) is 14.2. The first-order valence-electron chi connectivity index (χ1n) is 5.88. The number of hydrogen-bond acceptors (Lipinski definition) is 2. The van der Waals surface area contributed by atoms with Crippen molar-refractivity contribution >= 4 is 15.9 Å². The molecule has 19 heavy (non-hydrogen) atoms. The van der Waals surface area contributed by atoms with E-state index in [0.717, 1.165) is 21.3 Å². The minimum absolute atomic E-state index is 0.301. The van der Waals surface area contributed by atoms with Gasteiger partial charge >= 0.3 is 5.69 Å². The molecule has 0 N–H and O–H groups in total. The maximum atomic E-state index is 13.3. The molecule has 100 valence electrons. The molecule has 0 saturated heterocycles. The molecular formula is C14H14BrFN2O. The van der Waals surface area contributed by atoms with Gasteiger partial charge in [-0.3, -0.25) is 4.57 Å². The second-order valence-electron chi connectivity index (χ2n) is 4.54. The number of rotatable bonds is 2. The molecule has 0 spiro atoms. The Labute approximate surface area is 119 Å². The van der Waals surface area contributed by atoms with Crippen molar-refractivity contribution in [2.24, 2.45) is 0 Å². The lowest BCUT2D eigenvalue weighted by atomic mass is 10.1. The molecule has 0 aliphatic carbocycles. The molecule has 3 nitrogen and oxygen atoms in total. The van der Waals surface area contributed by atoms with Crippen LogP contribution in [0.4, 0.5) is 4.39 Å². The third-order valence-corrected chi connectivity index (χ3v) is 4.32. The average molecular weight is 325 g/mol. The van der Waals surface area contributed by atoms with E-state index in [9.17, 15) is 9.18 Å². The summed E-state index contributed by atoms with van der Waals surface area (Å²) in [5.74, 6) is -0.301. The van der Waals surface area contributed by atoms with Crippen LogP contribution < -0.4 is 5.69 Å². The van der Waals surface area contributed by atoms with E-state index < -0.39 is 0 Å². The van der Waals surface area contributed by atoms with Crippen LogP contribution in [0.1, 0.15) is 22.5 Å². The highest BCUT2D eigenvalue weighted by Gasteiger charge is 2.11. The molecule has 0 unspecified atom stereocenters. The lowest BCUT2D eigenvalue weighted by molar-refractivity contribution is 0.618. The molecule has 0 radical (unpaired) electrons. The van der Waals surface area contributed by atoms with E-state index in [2.05, 4.69) is 20.9 Å². The molecule has 1 aromatic carbocycles. The summed E-state index contributed by atoms with van der Waals surface area (Å²) in [6.45, 7) is 5.83. The van der Waals surface area contributed by atoms with Gasteiger partial charge in [0.05, 0.1) is 16.7 Å². The summed E-state index contributed by atoms with van der Waals surface area (Å²) >= 11 is 3.41. The molecule has 1 heterocycles. The lowest BCUT2D eigenvalue weighted by Crippen LogP contribution is -2.27. The number of benzene rings is 1. The predicted molar refractivity (Wildman–Crippen MR) is 75.9 cm³/mol. The molecule has 0 aliphatic heterocycles. The summed E-state index contributed by atoms with van der Waals surface area (Å²) in [5.41, 5.74) is 2.87. The number of nitrogens with zero attached hydrogens (tertiary/aromatic N) is 2. The van der Waals surface area contributed by atoms with Crippen LogP contribution in [0.5, 0.6) is 0 Å². The van der Waals surface area contributed by atoms with Crippen LogP contribution in [0.2, 0.25) is 0 Å². The van der Waals surface area contributed by atoms with E-state index in [1.165, 1.54) is 12.1 Å². The van der Waals surface area contributed by atoms with Crippen LogP contribution in [0.15, 0.2) is 27.5 Å². The molecule has 0 saturated carbocycles. The van der Waals surface area contributed by atoms with Gasteiger partial charge < -0.3 is 0 Å². The van der Waals surface area contributed by atoms with Gasteiger partial charge in [0.2, 0.25) is 0 Å². The molecule has 5 heteroatoms. The second kappa shape index (κ2) is 5.25. The van der Waals surface area contributed by atoms with E-state index in [-0.39, 0.29) is 11.5 Å². The zero-order valence-corrected chi connectivity index (χ0v) is 12.6. The quantitative estimate of drug-likeness (QED) is 0.850. The SMILES string of the molecule is Cc1ccc(F)cc1Cn1c(C)c(Br)c(C)nc1=O. The highest BCUT2D eigenvalue weighted by molar-refractivity contribution is 9.10. The lowest BCUT2D eigenvalue weighted by Gasteiger charge is -2.13. The standard InChI is InChI=1S/C14H14BrFN2O/c1-8-4-5-12(16)6-11(8)7-18-10(3)13(15)9(2)17-14(18)19/h4-6H,7H2,1-3H3. The molecule has 0 fully saturated rings. The van der Waals surface area contributed by atoms with Gasteiger partial charge in [-0.25, -0.2) is 9.18 Å². The average Bonchev–Trinajstić information content (AvgIpc) is 2.36. The highest BCUT2D eigenvalue weighted by Crippen LogP contribution is 2.18. The van der Waals surface area contributed by atoms with Crippen molar-refractivity contribution in [1.82, 2.24) is 9.55 Å². The number of halogens is 2. The predicted octanol–water partition coefficient (Wildman–Crippen LogP) is 3.12. The van der Waals surface area contributed by atoms with E-state index in [4.69, 9.17) is 0 Å². The fourth-order valence-corrected chi connectivity index (χ4v) is 2.25. The van der Waals surface area contributed by atoms with Gasteiger partial charge in [-0.1, -0.05) is 6.07 Å². The molecule has 0 amide bonds. The van der Waals surface area contributed by atoms with Crippen LogP contribution in [0.25, 0.3) is 0 Å². The first-order chi connectivity index (χ1) is 8.90. The normalized spacial score (nSPS) is 10.8. The Morgan fingerprint density at radius 2 is 2.00 bits per heavy atom. The van der Waals surface area contributed by atoms with Crippen molar-refractivity contribution in [2.45, 2.75) is 27.3 Å². The van der Waals surface area contributed by atoms with Crippen LogP contribution in [0.3, 0.4) is 0 Å². The van der Waals surface area contributed by atoms with E-state index in [1.807, 2.05) is 13.8 Å². The van der Waals surface area contributed by atoms with Crippen molar-refractivity contribution < 1.29 is 4.39 Å². The smallest absolute Gasteiger partial charge is 0.291 e. The Balaban J connectivity index is 2.53. The molecule has 0 bridgehead atoms. The van der Waals surface area contributed by atoms with Crippen molar-refractivity contribution in [1.29, 1.82) is 0 Å². The topological polar surface area (TPSA) is 34.9 Å². The molecule has 0 atom stereocenters. The van der Waals surface area contributed by atoms with Gasteiger partial charge in [0.15, 0.2) is 0 Å². The third-order valence-electron chi connectivity index (χ3n) is 3.17. The van der Waals surface area contributed by atoms with Crippen LogP contribution >= 0.6 is 15.9 Å². The Hall–Kier alpha value is -1.49. The summed E-state index contributed by atoms with van der Waals surface area (Å²) < 4.78 is 15.6. The zero-order valence-electron chi connectivity index (χ0n) is 11.0. The fourth-order valence-electron chi connectivity index (χ4n) is 1.94. The summed E-state index contributed by atoms with van der Waals surface area (Å²) in [4.78, 5) is 15.9. The van der Waals surface area contributed by atoms with E-state index in [0.29, 0.717) is 12.2 Å². The maximum Gasteiger partial charge on any atom is 0.348 e. The van der Waals surface area contributed by atoms with Gasteiger partial charge in [-0.05, 0) is 60.0 Å². The molecule has 1 aromatic heterocycles. The monoisotopic (exact) mass is 324 g/mol. The van der Waals surface area contributed by atoms with Crippen molar-refractivity contribution in [3.63, 3.8) is 0 Å². The summed E-state index contributed by atoms with van der Waals surface area (Å²) in [6.07, 6.45) is 0. The minimum atomic E-state index is -0.318. The van der Waals surface area contributed by atoms with Crippen LogP contribution in [0, 0.1) is 26.6 Å². The minimum Gasteiger partial charge on any atom is -0.291 e. The Morgan fingerprint density at radius 1 is 1.32 bits per heavy atom. The van der Waals surface area contributed by atoms with Gasteiger partial charge in [0.25, 0.3) is 0 Å². The van der Waals surface area contributed by atoms with Crippen molar-refractivity contribution in [3.8, 4) is 0 Å². The summed E-state index contributed by atoms with van der Waals surface area (Å²) in [5, 5.41) is 0. The fraction of sp³-hybridized carbons (Fsp3) is 0.286. The summed E-state index contributed by atoms with van der Waals surface area (Å²) in [6, 6.07) is 4.58. The van der Waals surface area contributed by atoms with Gasteiger partial charge in [0.1, 0.15) is 5.82 Å². The Kier molecular flexibility index (Phi) is 3.85. The second-order valence-corrected chi connectivity index (χ2v) is 5.33. The molecule has 2 rings (SSSR count). The third kappa shape index (κ3) is 2.76. The Morgan fingerprint density at radius 3 is 2.68 bits per heavy atom. The maximum absolute atomic E-state index is 13.3. The first kappa shape index (κ1) is 13.9. The molecule has 0 aliphatic rings. The summed E-state index contributed by atoms with van der Waals surface area (Å²) in [7, 11) is 0. The molecule has 2 aromatic rings.